The molecule has 2 aromatic rings. The van der Waals surface area contributed by atoms with Crippen LogP contribution in [-0.2, 0) is 4.79 Å². The third-order valence-electron chi connectivity index (χ3n) is 2.27. The maximum absolute atomic E-state index is 11.1. The number of nitrogens with zero attached hydrogens (tertiary/aromatic N) is 1. The van der Waals surface area contributed by atoms with Crippen molar-refractivity contribution < 1.29 is 4.79 Å². The number of carbonyl (C=O) groups excluding carboxylic acids is 1. The summed E-state index contributed by atoms with van der Waals surface area (Å²) in [6.07, 6.45) is 1.66. The van der Waals surface area contributed by atoms with E-state index in [0.29, 0.717) is 11.1 Å². The summed E-state index contributed by atoms with van der Waals surface area (Å²) in [7, 11) is 0. The zero-order valence-electron chi connectivity index (χ0n) is 8.15. The van der Waals surface area contributed by atoms with Crippen LogP contribution in [0.5, 0.6) is 0 Å². The van der Waals surface area contributed by atoms with E-state index in [-0.39, 0.29) is 0 Å². The Balaban J connectivity index is 2.72. The molecule has 1 unspecified atom stereocenters. The van der Waals surface area contributed by atoms with Gasteiger partial charge in [0.25, 0.3) is 0 Å². The minimum absolute atomic E-state index is 0.573. The predicted molar refractivity (Wildman–Crippen MR) is 67.2 cm³/mol. The third-order valence-corrected chi connectivity index (χ3v) is 3.41. The highest BCUT2D eigenvalue weighted by Crippen LogP contribution is 2.31. The van der Waals surface area contributed by atoms with Crippen LogP contribution in [0.3, 0.4) is 0 Å². The van der Waals surface area contributed by atoms with Gasteiger partial charge in [-0.1, -0.05) is 28.1 Å². The van der Waals surface area contributed by atoms with E-state index in [2.05, 4.69) is 20.9 Å². The van der Waals surface area contributed by atoms with Gasteiger partial charge in [-0.15, -0.1) is 11.6 Å². The van der Waals surface area contributed by atoms with E-state index in [0.717, 1.165) is 9.86 Å². The van der Waals surface area contributed by atoms with Crippen LogP contribution in [0.2, 0.25) is 0 Å². The second-order valence-corrected chi connectivity index (χ2v) is 4.59. The molecule has 82 valence electrons. The summed E-state index contributed by atoms with van der Waals surface area (Å²) >= 11 is 9.36. The molecule has 0 spiro atoms. The van der Waals surface area contributed by atoms with Gasteiger partial charge < -0.3 is 5.73 Å². The number of carbonyl (C=O) groups is 1. The number of fused-ring (bicyclic) bond motifs is 1. The predicted octanol–water partition coefficient (Wildman–Crippen LogP) is 2.76. The van der Waals surface area contributed by atoms with Crippen molar-refractivity contribution in [3.8, 4) is 0 Å². The van der Waals surface area contributed by atoms with E-state index in [9.17, 15) is 4.79 Å². The highest BCUT2D eigenvalue weighted by Gasteiger charge is 2.18. The number of alkyl halides is 1. The molecule has 1 heterocycles. The Kier molecular flexibility index (Phi) is 3.12. The van der Waals surface area contributed by atoms with Gasteiger partial charge in [0.05, 0.1) is 5.52 Å². The summed E-state index contributed by atoms with van der Waals surface area (Å²) in [5.41, 5.74) is 6.51. The van der Waals surface area contributed by atoms with Crippen molar-refractivity contribution in [3.05, 3.63) is 40.5 Å². The molecule has 0 radical (unpaired) electrons. The van der Waals surface area contributed by atoms with Crippen molar-refractivity contribution in [1.29, 1.82) is 0 Å². The van der Waals surface area contributed by atoms with Crippen LogP contribution in [0.25, 0.3) is 10.9 Å². The molecule has 0 aliphatic carbocycles. The van der Waals surface area contributed by atoms with Gasteiger partial charge in [-0.2, -0.15) is 0 Å². The first kappa shape index (κ1) is 11.4. The third kappa shape index (κ3) is 1.90. The Hall–Kier alpha value is -1.13. The quantitative estimate of drug-likeness (QED) is 0.867. The van der Waals surface area contributed by atoms with Crippen LogP contribution in [-0.4, -0.2) is 10.9 Å². The molecule has 16 heavy (non-hydrogen) atoms. The van der Waals surface area contributed by atoms with Crippen molar-refractivity contribution in [2.45, 2.75) is 5.38 Å². The number of pyridine rings is 1. The lowest BCUT2D eigenvalue weighted by molar-refractivity contribution is -0.117. The Morgan fingerprint density at radius 1 is 1.44 bits per heavy atom. The molecule has 0 fully saturated rings. The minimum atomic E-state index is -0.856. The maximum atomic E-state index is 11.1. The average molecular weight is 300 g/mol. The fourth-order valence-corrected chi connectivity index (χ4v) is 2.15. The number of rotatable bonds is 2. The number of hydrogen-bond acceptors (Lipinski definition) is 2. The summed E-state index contributed by atoms with van der Waals surface area (Å²) < 4.78 is 0.910. The van der Waals surface area contributed by atoms with E-state index in [1.54, 1.807) is 12.3 Å². The maximum Gasteiger partial charge on any atom is 0.240 e. The highest BCUT2D eigenvalue weighted by atomic mass is 79.9. The van der Waals surface area contributed by atoms with E-state index in [4.69, 9.17) is 17.3 Å². The van der Waals surface area contributed by atoms with Gasteiger partial charge in [0, 0.05) is 21.6 Å². The van der Waals surface area contributed by atoms with E-state index >= 15 is 0 Å². The molecular formula is C11H8BrClN2O. The molecule has 3 nitrogen and oxygen atoms in total. The molecule has 0 aliphatic rings. The van der Waals surface area contributed by atoms with Crippen molar-refractivity contribution in [1.82, 2.24) is 4.98 Å². The first-order valence-corrected chi connectivity index (χ1v) is 5.80. The van der Waals surface area contributed by atoms with E-state index in [1.807, 2.05) is 18.2 Å². The number of primary amides is 1. The van der Waals surface area contributed by atoms with Crippen molar-refractivity contribution >= 4 is 44.3 Å². The second kappa shape index (κ2) is 4.39. The summed E-state index contributed by atoms with van der Waals surface area (Å²) in [4.78, 5) is 15.3. The van der Waals surface area contributed by atoms with Gasteiger partial charge in [-0.05, 0) is 12.1 Å². The molecule has 2 rings (SSSR count). The Morgan fingerprint density at radius 2 is 2.19 bits per heavy atom. The molecule has 1 aromatic carbocycles. The molecule has 1 amide bonds. The number of amides is 1. The lowest BCUT2D eigenvalue weighted by Crippen LogP contribution is -2.17. The monoisotopic (exact) mass is 298 g/mol. The standard InChI is InChI=1S/C11H8BrClN2O/c12-8-4-3-7(9(13)11(14)16)10-6(8)2-1-5-15-10/h1-5,9H,(H2,14,16). The van der Waals surface area contributed by atoms with Gasteiger partial charge in [0.1, 0.15) is 5.38 Å². The smallest absolute Gasteiger partial charge is 0.240 e. The molecule has 0 bridgehead atoms. The fourth-order valence-electron chi connectivity index (χ4n) is 1.52. The van der Waals surface area contributed by atoms with Crippen LogP contribution in [0, 0.1) is 0 Å². The average Bonchev–Trinajstić information content (AvgIpc) is 2.29. The zero-order chi connectivity index (χ0) is 11.7. The lowest BCUT2D eigenvalue weighted by atomic mass is 10.1. The molecule has 1 atom stereocenters. The van der Waals surface area contributed by atoms with Crippen LogP contribution < -0.4 is 5.73 Å². The summed E-state index contributed by atoms with van der Waals surface area (Å²) in [5.74, 6) is -0.573. The summed E-state index contributed by atoms with van der Waals surface area (Å²) in [6.45, 7) is 0. The van der Waals surface area contributed by atoms with Crippen molar-refractivity contribution in [2.24, 2.45) is 5.73 Å². The first-order valence-electron chi connectivity index (χ1n) is 4.58. The fraction of sp³-hybridized carbons (Fsp3) is 0.0909. The largest absolute Gasteiger partial charge is 0.368 e. The molecule has 2 N–H and O–H groups in total. The zero-order valence-corrected chi connectivity index (χ0v) is 10.5. The Labute approximate surface area is 106 Å². The molecule has 0 saturated carbocycles. The number of nitrogens with two attached hydrogens (primary N) is 1. The molecule has 1 aromatic heterocycles. The molecule has 5 heteroatoms. The highest BCUT2D eigenvalue weighted by molar-refractivity contribution is 9.10. The molecule has 0 saturated heterocycles. The number of benzene rings is 1. The van der Waals surface area contributed by atoms with Crippen LogP contribution in [0.4, 0.5) is 0 Å². The van der Waals surface area contributed by atoms with Crippen molar-refractivity contribution in [3.63, 3.8) is 0 Å². The van der Waals surface area contributed by atoms with Gasteiger partial charge in [0.2, 0.25) is 5.91 Å². The number of halogens is 2. The van der Waals surface area contributed by atoms with Gasteiger partial charge >= 0.3 is 0 Å². The summed E-state index contributed by atoms with van der Waals surface area (Å²) in [6, 6.07) is 7.31. The SMILES string of the molecule is NC(=O)C(Cl)c1ccc(Br)c2cccnc12. The Bertz CT molecular complexity index is 559. The van der Waals surface area contributed by atoms with Crippen molar-refractivity contribution in [2.75, 3.05) is 0 Å². The van der Waals surface area contributed by atoms with Gasteiger partial charge in [-0.25, -0.2) is 0 Å². The molecule has 0 aliphatic heterocycles. The minimum Gasteiger partial charge on any atom is -0.368 e. The second-order valence-electron chi connectivity index (χ2n) is 3.30. The number of aromatic nitrogens is 1. The van der Waals surface area contributed by atoms with E-state index < -0.39 is 11.3 Å². The van der Waals surface area contributed by atoms with Crippen LogP contribution >= 0.6 is 27.5 Å². The topological polar surface area (TPSA) is 56.0 Å². The Morgan fingerprint density at radius 3 is 2.88 bits per heavy atom. The lowest BCUT2D eigenvalue weighted by Gasteiger charge is -2.09. The summed E-state index contributed by atoms with van der Waals surface area (Å²) in [5, 5.41) is 0.0531. The first-order chi connectivity index (χ1) is 7.61. The molecular weight excluding hydrogens is 291 g/mol. The van der Waals surface area contributed by atoms with Crippen LogP contribution in [0.1, 0.15) is 10.9 Å². The van der Waals surface area contributed by atoms with Gasteiger partial charge in [-0.3, -0.25) is 9.78 Å². The van der Waals surface area contributed by atoms with E-state index in [1.165, 1.54) is 0 Å². The number of hydrogen-bond donors (Lipinski definition) is 1. The van der Waals surface area contributed by atoms with Gasteiger partial charge in [0.15, 0.2) is 0 Å². The van der Waals surface area contributed by atoms with Crippen LogP contribution in [0.15, 0.2) is 34.9 Å². The normalized spacial score (nSPS) is 12.6.